The molecule has 3 rings (SSSR count). The summed E-state index contributed by atoms with van der Waals surface area (Å²) < 4.78 is 19.5. The van der Waals surface area contributed by atoms with Gasteiger partial charge in [0.25, 0.3) is 5.91 Å². The lowest BCUT2D eigenvalue weighted by Gasteiger charge is -2.17. The standard InChI is InChI=1S/C24H25FN2O2/c1-2-29-22-15-9-8-14-21(22)27-24(28)23(19-11-4-3-5-12-19)26-17-16-18-10-6-7-13-20(18)25/h3-15,23,26H,2,16-17H2,1H3,(H,27,28)/p+1/t23-/m1/s1. The van der Waals surface area contributed by atoms with Gasteiger partial charge in [-0.05, 0) is 30.7 Å². The van der Waals surface area contributed by atoms with Crippen LogP contribution in [0.1, 0.15) is 24.1 Å². The molecule has 0 saturated carbocycles. The maximum Gasteiger partial charge on any atom is 0.287 e. The Hall–Kier alpha value is -3.18. The molecular weight excluding hydrogens is 367 g/mol. The molecular formula is C24H26FN2O2+. The molecule has 0 unspecified atom stereocenters. The van der Waals surface area contributed by atoms with Crippen LogP contribution in [0.15, 0.2) is 78.9 Å². The summed E-state index contributed by atoms with van der Waals surface area (Å²) in [6, 6.07) is 23.3. The van der Waals surface area contributed by atoms with Crippen LogP contribution in [0, 0.1) is 5.82 Å². The number of benzene rings is 3. The second-order valence-electron chi connectivity index (χ2n) is 6.67. The van der Waals surface area contributed by atoms with Crippen molar-refractivity contribution >= 4 is 11.6 Å². The average molecular weight is 393 g/mol. The van der Waals surface area contributed by atoms with Gasteiger partial charge in [0.2, 0.25) is 0 Å². The zero-order valence-corrected chi connectivity index (χ0v) is 16.5. The second kappa shape index (κ2) is 10.4. The minimum atomic E-state index is -0.447. The van der Waals surface area contributed by atoms with Gasteiger partial charge in [0.1, 0.15) is 11.6 Å². The second-order valence-corrected chi connectivity index (χ2v) is 6.67. The number of nitrogens with one attached hydrogen (secondary N) is 1. The number of carbonyl (C=O) groups is 1. The summed E-state index contributed by atoms with van der Waals surface area (Å²) in [5.41, 5.74) is 2.19. The fourth-order valence-corrected chi connectivity index (χ4v) is 3.22. The highest BCUT2D eigenvalue weighted by Crippen LogP contribution is 2.24. The van der Waals surface area contributed by atoms with Gasteiger partial charge in [-0.3, -0.25) is 4.79 Å². The molecule has 0 spiro atoms. The molecule has 0 bridgehead atoms. The van der Waals surface area contributed by atoms with Gasteiger partial charge >= 0.3 is 0 Å². The molecule has 3 aromatic carbocycles. The Bertz CT molecular complexity index is 931. The van der Waals surface area contributed by atoms with Crippen LogP contribution >= 0.6 is 0 Å². The highest BCUT2D eigenvalue weighted by molar-refractivity contribution is 5.95. The molecule has 3 aromatic rings. The molecule has 0 aliphatic carbocycles. The minimum absolute atomic E-state index is 0.142. The van der Waals surface area contributed by atoms with Crippen molar-refractivity contribution < 1.29 is 19.2 Å². The van der Waals surface area contributed by atoms with E-state index in [1.807, 2.05) is 72.9 Å². The van der Waals surface area contributed by atoms with Gasteiger partial charge in [0, 0.05) is 12.0 Å². The highest BCUT2D eigenvalue weighted by Gasteiger charge is 2.24. The number of hydrogen-bond acceptors (Lipinski definition) is 2. The van der Waals surface area contributed by atoms with Crippen molar-refractivity contribution in [2.75, 3.05) is 18.5 Å². The van der Waals surface area contributed by atoms with Gasteiger partial charge in [-0.15, -0.1) is 0 Å². The summed E-state index contributed by atoms with van der Waals surface area (Å²) >= 11 is 0. The number of carbonyl (C=O) groups excluding carboxylic acids is 1. The van der Waals surface area contributed by atoms with Crippen LogP contribution in [-0.2, 0) is 11.2 Å². The molecule has 3 N–H and O–H groups in total. The summed E-state index contributed by atoms with van der Waals surface area (Å²) in [4.78, 5) is 13.1. The van der Waals surface area contributed by atoms with E-state index in [4.69, 9.17) is 4.74 Å². The first kappa shape index (κ1) is 20.6. The largest absolute Gasteiger partial charge is 0.492 e. The van der Waals surface area contributed by atoms with E-state index in [1.165, 1.54) is 6.07 Å². The third-order valence-corrected chi connectivity index (χ3v) is 4.66. The third kappa shape index (κ3) is 5.65. The lowest BCUT2D eigenvalue weighted by Crippen LogP contribution is -2.87. The number of quaternary nitrogens is 1. The van der Waals surface area contributed by atoms with Crippen molar-refractivity contribution in [3.63, 3.8) is 0 Å². The van der Waals surface area contributed by atoms with Crippen molar-refractivity contribution in [3.8, 4) is 5.75 Å². The maximum absolute atomic E-state index is 13.9. The number of halogens is 1. The fourth-order valence-electron chi connectivity index (χ4n) is 3.22. The molecule has 0 heterocycles. The fraction of sp³-hybridized carbons (Fsp3) is 0.208. The Morgan fingerprint density at radius 2 is 1.69 bits per heavy atom. The van der Waals surface area contributed by atoms with Crippen LogP contribution < -0.4 is 15.4 Å². The Morgan fingerprint density at radius 1 is 1.00 bits per heavy atom. The van der Waals surface area contributed by atoms with Gasteiger partial charge in [0.15, 0.2) is 6.04 Å². The predicted octanol–water partition coefficient (Wildman–Crippen LogP) is 3.71. The molecule has 4 nitrogen and oxygen atoms in total. The first-order chi connectivity index (χ1) is 14.2. The van der Waals surface area contributed by atoms with Crippen molar-refractivity contribution in [2.45, 2.75) is 19.4 Å². The Kier molecular flexibility index (Phi) is 7.36. The molecule has 0 saturated heterocycles. The summed E-state index contributed by atoms with van der Waals surface area (Å²) in [6.45, 7) is 3.01. The van der Waals surface area contributed by atoms with Crippen LogP contribution in [0.4, 0.5) is 10.1 Å². The molecule has 5 heteroatoms. The molecule has 150 valence electrons. The topological polar surface area (TPSA) is 54.9 Å². The van der Waals surface area contributed by atoms with Gasteiger partial charge in [0.05, 0.1) is 18.8 Å². The number of amides is 1. The van der Waals surface area contributed by atoms with E-state index in [9.17, 15) is 9.18 Å². The Morgan fingerprint density at radius 3 is 2.45 bits per heavy atom. The van der Waals surface area contributed by atoms with Gasteiger partial charge in [-0.25, -0.2) is 4.39 Å². The molecule has 0 fully saturated rings. The van der Waals surface area contributed by atoms with E-state index >= 15 is 0 Å². The predicted molar refractivity (Wildman–Crippen MR) is 112 cm³/mol. The quantitative estimate of drug-likeness (QED) is 0.582. The summed E-state index contributed by atoms with van der Waals surface area (Å²) in [6.07, 6.45) is 0.540. The van der Waals surface area contributed by atoms with E-state index < -0.39 is 6.04 Å². The van der Waals surface area contributed by atoms with Crippen LogP contribution in [-0.4, -0.2) is 19.1 Å². The van der Waals surface area contributed by atoms with Crippen LogP contribution in [0.25, 0.3) is 0 Å². The molecule has 0 radical (unpaired) electrons. The summed E-state index contributed by atoms with van der Waals surface area (Å²) in [5, 5.41) is 4.93. The third-order valence-electron chi connectivity index (χ3n) is 4.66. The molecule has 0 aliphatic heterocycles. The van der Waals surface area contributed by atoms with Crippen molar-refractivity contribution in [2.24, 2.45) is 0 Å². The Labute approximate surface area is 170 Å². The smallest absolute Gasteiger partial charge is 0.287 e. The maximum atomic E-state index is 13.9. The van der Waals surface area contributed by atoms with E-state index in [0.717, 1.165) is 5.56 Å². The van der Waals surface area contributed by atoms with E-state index in [2.05, 4.69) is 5.32 Å². The summed E-state index contributed by atoms with van der Waals surface area (Å²) in [7, 11) is 0. The van der Waals surface area contributed by atoms with Crippen molar-refractivity contribution in [1.29, 1.82) is 0 Å². The zero-order valence-electron chi connectivity index (χ0n) is 16.5. The average Bonchev–Trinajstić information content (AvgIpc) is 2.74. The van der Waals surface area contributed by atoms with E-state index in [-0.39, 0.29) is 11.7 Å². The number of para-hydroxylation sites is 2. The summed E-state index contributed by atoms with van der Waals surface area (Å²) in [5.74, 6) is 0.283. The molecule has 0 aliphatic rings. The van der Waals surface area contributed by atoms with E-state index in [1.54, 1.807) is 12.1 Å². The van der Waals surface area contributed by atoms with E-state index in [0.29, 0.717) is 36.6 Å². The SMILES string of the molecule is CCOc1ccccc1NC(=O)[C@H]([NH2+]CCc1ccccc1F)c1ccccc1. The number of hydrogen-bond donors (Lipinski definition) is 2. The molecule has 1 amide bonds. The lowest BCUT2D eigenvalue weighted by molar-refractivity contribution is -0.682. The van der Waals surface area contributed by atoms with Gasteiger partial charge < -0.3 is 15.4 Å². The Balaban J connectivity index is 1.73. The molecule has 29 heavy (non-hydrogen) atoms. The number of anilines is 1. The van der Waals surface area contributed by atoms with Crippen LogP contribution in [0.2, 0.25) is 0 Å². The number of ether oxygens (including phenoxy) is 1. The first-order valence-corrected chi connectivity index (χ1v) is 9.83. The molecule has 1 atom stereocenters. The normalized spacial score (nSPS) is 11.7. The zero-order chi connectivity index (χ0) is 20.5. The first-order valence-electron chi connectivity index (χ1n) is 9.83. The van der Waals surface area contributed by atoms with Crippen LogP contribution in [0.5, 0.6) is 5.75 Å². The number of nitrogens with two attached hydrogens (primary N) is 1. The highest BCUT2D eigenvalue weighted by atomic mass is 19.1. The monoisotopic (exact) mass is 393 g/mol. The van der Waals surface area contributed by atoms with Crippen LogP contribution in [0.3, 0.4) is 0 Å². The van der Waals surface area contributed by atoms with Crippen molar-refractivity contribution in [1.82, 2.24) is 0 Å². The lowest BCUT2D eigenvalue weighted by atomic mass is 10.0. The number of rotatable bonds is 9. The minimum Gasteiger partial charge on any atom is -0.492 e. The molecule has 0 aromatic heterocycles. The van der Waals surface area contributed by atoms with Gasteiger partial charge in [-0.2, -0.15) is 0 Å². The van der Waals surface area contributed by atoms with Gasteiger partial charge in [-0.1, -0.05) is 60.7 Å². The van der Waals surface area contributed by atoms with Crippen molar-refractivity contribution in [3.05, 3.63) is 95.8 Å².